The van der Waals surface area contributed by atoms with Crippen molar-refractivity contribution in [2.45, 2.75) is 19.8 Å². The minimum Gasteiger partial charge on any atom is -0.483 e. The quantitative estimate of drug-likeness (QED) is 0.666. The predicted molar refractivity (Wildman–Crippen MR) is 103 cm³/mol. The van der Waals surface area contributed by atoms with Gasteiger partial charge in [-0.3, -0.25) is 9.59 Å². The van der Waals surface area contributed by atoms with Crippen LogP contribution in [0.1, 0.15) is 19.8 Å². The molecule has 0 saturated carbocycles. The molecule has 0 atom stereocenters. The minimum atomic E-state index is -0.287. The summed E-state index contributed by atoms with van der Waals surface area (Å²) >= 11 is 9.18. The maximum atomic E-state index is 12.0. The first-order chi connectivity index (χ1) is 12.0. The molecular formula is C18H18BrClN2O3. The summed E-state index contributed by atoms with van der Waals surface area (Å²) in [6.07, 6.45) is 1.28. The average Bonchev–Trinajstić information content (AvgIpc) is 2.56. The third-order valence-corrected chi connectivity index (χ3v) is 4.04. The van der Waals surface area contributed by atoms with E-state index in [2.05, 4.69) is 26.6 Å². The third-order valence-electron chi connectivity index (χ3n) is 3.18. The first-order valence-corrected chi connectivity index (χ1v) is 8.92. The van der Waals surface area contributed by atoms with E-state index in [4.69, 9.17) is 16.3 Å². The fraction of sp³-hybridized carbons (Fsp3) is 0.222. The smallest absolute Gasteiger partial charge is 0.262 e. The summed E-state index contributed by atoms with van der Waals surface area (Å²) in [5.74, 6) is 0.222. The van der Waals surface area contributed by atoms with Gasteiger partial charge in [0, 0.05) is 22.8 Å². The van der Waals surface area contributed by atoms with E-state index >= 15 is 0 Å². The largest absolute Gasteiger partial charge is 0.483 e. The maximum Gasteiger partial charge on any atom is 0.262 e. The number of carbonyl (C=O) groups is 2. The number of carbonyl (C=O) groups excluding carboxylic acids is 2. The van der Waals surface area contributed by atoms with Gasteiger partial charge in [0.05, 0.1) is 4.47 Å². The number of rotatable bonds is 7. The van der Waals surface area contributed by atoms with Crippen molar-refractivity contribution in [1.29, 1.82) is 0 Å². The Morgan fingerprint density at radius 2 is 1.64 bits per heavy atom. The summed E-state index contributed by atoms with van der Waals surface area (Å²) in [5, 5.41) is 6.10. The van der Waals surface area contributed by atoms with Crippen molar-refractivity contribution in [3.8, 4) is 5.75 Å². The van der Waals surface area contributed by atoms with E-state index in [1.165, 1.54) is 0 Å². The molecule has 132 valence electrons. The molecule has 0 bridgehead atoms. The summed E-state index contributed by atoms with van der Waals surface area (Å²) in [5.41, 5.74) is 1.31. The van der Waals surface area contributed by atoms with Crippen LogP contribution in [0, 0.1) is 0 Å². The Labute approximate surface area is 159 Å². The van der Waals surface area contributed by atoms with Crippen molar-refractivity contribution >= 4 is 50.7 Å². The number of ether oxygens (including phenoxy) is 1. The molecule has 0 aromatic heterocycles. The molecule has 2 rings (SSSR count). The molecule has 0 radical (unpaired) electrons. The van der Waals surface area contributed by atoms with Crippen LogP contribution in [0.2, 0.25) is 5.02 Å². The van der Waals surface area contributed by atoms with Gasteiger partial charge in [-0.25, -0.2) is 0 Å². The summed E-state index contributed by atoms with van der Waals surface area (Å²) < 4.78 is 6.14. The molecule has 0 fully saturated rings. The van der Waals surface area contributed by atoms with Crippen molar-refractivity contribution in [2.24, 2.45) is 0 Å². The molecule has 7 heteroatoms. The lowest BCUT2D eigenvalue weighted by Gasteiger charge is -2.10. The van der Waals surface area contributed by atoms with Crippen LogP contribution in [-0.2, 0) is 9.59 Å². The van der Waals surface area contributed by atoms with Gasteiger partial charge in [0.15, 0.2) is 6.61 Å². The van der Waals surface area contributed by atoms with E-state index in [1.807, 2.05) is 6.92 Å². The van der Waals surface area contributed by atoms with Crippen LogP contribution in [-0.4, -0.2) is 18.4 Å². The van der Waals surface area contributed by atoms with Crippen LogP contribution >= 0.6 is 27.5 Å². The van der Waals surface area contributed by atoms with Gasteiger partial charge in [0.2, 0.25) is 5.91 Å². The van der Waals surface area contributed by atoms with E-state index in [-0.39, 0.29) is 18.4 Å². The van der Waals surface area contributed by atoms with Crippen molar-refractivity contribution < 1.29 is 14.3 Å². The molecule has 0 aliphatic heterocycles. The first-order valence-electron chi connectivity index (χ1n) is 7.75. The molecular weight excluding hydrogens is 408 g/mol. The number of anilines is 2. The summed E-state index contributed by atoms with van der Waals surface area (Å²) in [4.78, 5) is 23.5. The van der Waals surface area contributed by atoms with Crippen molar-refractivity contribution in [3.05, 3.63) is 52.0 Å². The van der Waals surface area contributed by atoms with Gasteiger partial charge in [-0.05, 0) is 64.8 Å². The molecule has 0 unspecified atom stereocenters. The Kier molecular flexibility index (Phi) is 7.28. The third kappa shape index (κ3) is 6.40. The zero-order valence-corrected chi connectivity index (χ0v) is 16.0. The van der Waals surface area contributed by atoms with E-state index in [0.717, 1.165) is 6.42 Å². The van der Waals surface area contributed by atoms with Crippen molar-refractivity contribution in [2.75, 3.05) is 17.2 Å². The molecule has 0 aliphatic rings. The van der Waals surface area contributed by atoms with Crippen LogP contribution in [0.25, 0.3) is 0 Å². The maximum absolute atomic E-state index is 12.0. The van der Waals surface area contributed by atoms with Gasteiger partial charge in [-0.2, -0.15) is 0 Å². The van der Waals surface area contributed by atoms with Gasteiger partial charge in [-0.15, -0.1) is 0 Å². The highest BCUT2D eigenvalue weighted by atomic mass is 79.9. The van der Waals surface area contributed by atoms with Gasteiger partial charge in [0.25, 0.3) is 5.91 Å². The zero-order chi connectivity index (χ0) is 18.2. The lowest BCUT2D eigenvalue weighted by Crippen LogP contribution is -2.20. The van der Waals surface area contributed by atoms with Gasteiger partial charge < -0.3 is 15.4 Å². The Hall–Kier alpha value is -2.05. The zero-order valence-electron chi connectivity index (χ0n) is 13.6. The van der Waals surface area contributed by atoms with E-state index in [9.17, 15) is 9.59 Å². The van der Waals surface area contributed by atoms with Crippen LogP contribution in [0.15, 0.2) is 46.9 Å². The van der Waals surface area contributed by atoms with Gasteiger partial charge in [0.1, 0.15) is 5.75 Å². The topological polar surface area (TPSA) is 67.4 Å². The average molecular weight is 426 g/mol. The predicted octanol–water partition coefficient (Wildman–Crippen LogP) is 4.86. The highest BCUT2D eigenvalue weighted by Crippen LogP contribution is 2.27. The molecule has 2 amide bonds. The monoisotopic (exact) mass is 424 g/mol. The second-order valence-electron chi connectivity index (χ2n) is 5.29. The summed E-state index contributed by atoms with van der Waals surface area (Å²) in [6.45, 7) is 1.82. The van der Waals surface area contributed by atoms with E-state index in [1.54, 1.807) is 42.5 Å². The molecule has 25 heavy (non-hydrogen) atoms. The highest BCUT2D eigenvalue weighted by molar-refractivity contribution is 9.10. The Balaban J connectivity index is 1.84. The molecule has 2 aromatic rings. The molecule has 0 spiro atoms. The molecule has 0 heterocycles. The molecule has 5 nitrogen and oxygen atoms in total. The molecule has 2 N–H and O–H groups in total. The van der Waals surface area contributed by atoms with E-state index in [0.29, 0.717) is 33.0 Å². The fourth-order valence-electron chi connectivity index (χ4n) is 2.02. The fourth-order valence-corrected chi connectivity index (χ4v) is 2.82. The molecule has 2 aromatic carbocycles. The highest BCUT2D eigenvalue weighted by Gasteiger charge is 2.07. The number of nitrogens with one attached hydrogen (secondary N) is 2. The normalized spacial score (nSPS) is 10.2. The Bertz CT molecular complexity index is 750. The number of amides is 2. The SMILES string of the molecule is CCCC(=O)Nc1ccc(NC(=O)COc2ccc(Cl)cc2Br)cc1. The Morgan fingerprint density at radius 1 is 1.04 bits per heavy atom. The number of hydrogen-bond donors (Lipinski definition) is 2. The van der Waals surface area contributed by atoms with Crippen LogP contribution in [0.5, 0.6) is 5.75 Å². The number of hydrogen-bond acceptors (Lipinski definition) is 3. The number of halogens is 2. The second kappa shape index (κ2) is 9.44. The standard InChI is InChI=1S/C18H18BrClN2O3/c1-2-3-17(23)21-13-5-7-14(8-6-13)22-18(24)11-25-16-9-4-12(20)10-15(16)19/h4-10H,2-3,11H2,1H3,(H,21,23)(H,22,24). The van der Waals surface area contributed by atoms with Gasteiger partial charge in [-0.1, -0.05) is 18.5 Å². The van der Waals surface area contributed by atoms with Crippen molar-refractivity contribution in [1.82, 2.24) is 0 Å². The van der Waals surface area contributed by atoms with Crippen molar-refractivity contribution in [3.63, 3.8) is 0 Å². The second-order valence-corrected chi connectivity index (χ2v) is 6.58. The summed E-state index contributed by atoms with van der Waals surface area (Å²) in [7, 11) is 0. The minimum absolute atomic E-state index is 0.0266. The van der Waals surface area contributed by atoms with E-state index < -0.39 is 0 Å². The first kappa shape index (κ1) is 19.3. The van der Waals surface area contributed by atoms with Crippen LogP contribution in [0.3, 0.4) is 0 Å². The number of benzene rings is 2. The lowest BCUT2D eigenvalue weighted by molar-refractivity contribution is -0.118. The van der Waals surface area contributed by atoms with Crippen LogP contribution in [0.4, 0.5) is 11.4 Å². The lowest BCUT2D eigenvalue weighted by atomic mass is 10.2. The summed E-state index contributed by atoms with van der Waals surface area (Å²) in [6, 6.07) is 12.0. The molecule has 0 saturated heterocycles. The van der Waals surface area contributed by atoms with Crippen LogP contribution < -0.4 is 15.4 Å². The Morgan fingerprint density at radius 3 is 2.20 bits per heavy atom. The van der Waals surface area contributed by atoms with Gasteiger partial charge >= 0.3 is 0 Å². The molecule has 0 aliphatic carbocycles.